The van der Waals surface area contributed by atoms with Gasteiger partial charge in [-0.3, -0.25) is 4.79 Å². The minimum Gasteiger partial charge on any atom is -0.389 e. The smallest absolute Gasteiger partial charge is 0.249 e. The summed E-state index contributed by atoms with van der Waals surface area (Å²) in [6, 6.07) is 1.82. The standard InChI is InChI=1S/C17H28N2O2S/c1-16(2,3)13-4-6-17(21,7-5-13)11-19-9-14-8-12(10-22-14)15(18)20/h8,10,13,19,21H,4-7,9,11H2,1-3H3,(H2,18,20). The van der Waals surface area contributed by atoms with E-state index in [0.717, 1.165) is 30.6 Å². The number of hydrogen-bond acceptors (Lipinski definition) is 4. The molecule has 0 saturated heterocycles. The Morgan fingerprint density at radius 3 is 2.59 bits per heavy atom. The Balaban J connectivity index is 1.78. The number of aliphatic hydroxyl groups is 1. The van der Waals surface area contributed by atoms with Crippen LogP contribution in [0, 0.1) is 11.3 Å². The number of amides is 1. The fourth-order valence-electron chi connectivity index (χ4n) is 3.22. The lowest BCUT2D eigenvalue weighted by molar-refractivity contribution is -0.0239. The summed E-state index contributed by atoms with van der Waals surface area (Å²) in [4.78, 5) is 12.1. The predicted molar refractivity (Wildman–Crippen MR) is 90.9 cm³/mol. The van der Waals surface area contributed by atoms with E-state index in [0.29, 0.717) is 30.0 Å². The molecule has 0 bridgehead atoms. The van der Waals surface area contributed by atoms with Crippen LogP contribution in [0.15, 0.2) is 11.4 Å². The van der Waals surface area contributed by atoms with Gasteiger partial charge in [-0.05, 0) is 43.1 Å². The molecule has 1 amide bonds. The van der Waals surface area contributed by atoms with E-state index in [-0.39, 0.29) is 5.91 Å². The summed E-state index contributed by atoms with van der Waals surface area (Å²) in [7, 11) is 0. The molecule has 0 aliphatic heterocycles. The lowest BCUT2D eigenvalue weighted by Crippen LogP contribution is -2.44. The van der Waals surface area contributed by atoms with E-state index in [1.165, 1.54) is 11.3 Å². The quantitative estimate of drug-likeness (QED) is 0.779. The number of carbonyl (C=O) groups is 1. The first-order valence-electron chi connectivity index (χ1n) is 8.00. The molecule has 124 valence electrons. The summed E-state index contributed by atoms with van der Waals surface area (Å²) >= 11 is 1.52. The Labute approximate surface area is 137 Å². The molecule has 0 unspecified atom stereocenters. The van der Waals surface area contributed by atoms with Crippen LogP contribution < -0.4 is 11.1 Å². The molecule has 1 aliphatic rings. The van der Waals surface area contributed by atoms with Crippen LogP contribution in [0.5, 0.6) is 0 Å². The largest absolute Gasteiger partial charge is 0.389 e. The Bertz CT molecular complexity index is 511. The lowest BCUT2D eigenvalue weighted by Gasteiger charge is -2.41. The summed E-state index contributed by atoms with van der Waals surface area (Å²) < 4.78 is 0. The highest BCUT2D eigenvalue weighted by Crippen LogP contribution is 2.41. The molecule has 1 aromatic rings. The van der Waals surface area contributed by atoms with Gasteiger partial charge in [0.05, 0.1) is 11.2 Å². The zero-order valence-electron chi connectivity index (χ0n) is 13.8. The predicted octanol–water partition coefficient (Wildman–Crippen LogP) is 2.90. The van der Waals surface area contributed by atoms with Crippen molar-refractivity contribution >= 4 is 17.2 Å². The molecular formula is C17H28N2O2S. The maximum absolute atomic E-state index is 11.1. The molecule has 1 saturated carbocycles. The maximum atomic E-state index is 11.1. The molecule has 0 aromatic carbocycles. The van der Waals surface area contributed by atoms with Crippen LogP contribution in [0.2, 0.25) is 0 Å². The fraction of sp³-hybridized carbons (Fsp3) is 0.706. The van der Waals surface area contributed by atoms with Crippen LogP contribution >= 0.6 is 11.3 Å². The van der Waals surface area contributed by atoms with Gasteiger partial charge in [0.2, 0.25) is 5.91 Å². The number of nitrogens with one attached hydrogen (secondary N) is 1. The van der Waals surface area contributed by atoms with E-state index in [2.05, 4.69) is 26.1 Å². The molecule has 0 atom stereocenters. The number of hydrogen-bond donors (Lipinski definition) is 3. The van der Waals surface area contributed by atoms with Crippen molar-refractivity contribution < 1.29 is 9.90 Å². The van der Waals surface area contributed by atoms with Crippen molar-refractivity contribution in [3.63, 3.8) is 0 Å². The first kappa shape index (κ1) is 17.4. The van der Waals surface area contributed by atoms with Gasteiger partial charge in [0.15, 0.2) is 0 Å². The molecule has 1 aliphatic carbocycles. The monoisotopic (exact) mass is 324 g/mol. The summed E-state index contributed by atoms with van der Waals surface area (Å²) in [5, 5.41) is 15.8. The summed E-state index contributed by atoms with van der Waals surface area (Å²) in [5.74, 6) is 0.310. The highest BCUT2D eigenvalue weighted by molar-refractivity contribution is 7.10. The number of primary amides is 1. The summed E-state index contributed by atoms with van der Waals surface area (Å²) in [6.07, 6.45) is 3.90. The Morgan fingerprint density at radius 1 is 1.45 bits per heavy atom. The van der Waals surface area contributed by atoms with Crippen molar-refractivity contribution in [2.45, 2.75) is 58.6 Å². The van der Waals surface area contributed by atoms with E-state index in [1.807, 2.05) is 6.07 Å². The maximum Gasteiger partial charge on any atom is 0.249 e. The third kappa shape index (κ3) is 4.54. The van der Waals surface area contributed by atoms with Crippen LogP contribution in [-0.2, 0) is 6.54 Å². The fourth-order valence-corrected chi connectivity index (χ4v) is 4.06. The zero-order valence-corrected chi connectivity index (χ0v) is 14.6. The third-order valence-electron chi connectivity index (χ3n) is 4.83. The first-order chi connectivity index (χ1) is 10.2. The van der Waals surface area contributed by atoms with Gasteiger partial charge in [0.1, 0.15) is 0 Å². The third-order valence-corrected chi connectivity index (χ3v) is 5.77. The van der Waals surface area contributed by atoms with Crippen LogP contribution in [0.4, 0.5) is 0 Å². The normalized spacial score (nSPS) is 26.1. The van der Waals surface area contributed by atoms with Crippen LogP contribution in [0.1, 0.15) is 61.7 Å². The van der Waals surface area contributed by atoms with Gasteiger partial charge in [-0.2, -0.15) is 0 Å². The van der Waals surface area contributed by atoms with E-state index in [4.69, 9.17) is 5.73 Å². The minimum absolute atomic E-state index is 0.330. The molecule has 0 radical (unpaired) electrons. The molecule has 1 fully saturated rings. The number of thiophene rings is 1. The Kier molecular flexibility index (Phi) is 5.30. The highest BCUT2D eigenvalue weighted by atomic mass is 32.1. The van der Waals surface area contributed by atoms with Crippen LogP contribution in [0.25, 0.3) is 0 Å². The Morgan fingerprint density at radius 2 is 2.09 bits per heavy atom. The second-order valence-electron chi connectivity index (χ2n) is 7.63. The molecule has 0 spiro atoms. The van der Waals surface area contributed by atoms with Crippen molar-refractivity contribution in [1.29, 1.82) is 0 Å². The average Bonchev–Trinajstić information content (AvgIpc) is 2.87. The Hall–Kier alpha value is -0.910. The number of rotatable bonds is 5. The van der Waals surface area contributed by atoms with Crippen molar-refractivity contribution in [2.75, 3.05) is 6.54 Å². The topological polar surface area (TPSA) is 75.3 Å². The van der Waals surface area contributed by atoms with Gasteiger partial charge >= 0.3 is 0 Å². The molecule has 22 heavy (non-hydrogen) atoms. The van der Waals surface area contributed by atoms with E-state index < -0.39 is 5.60 Å². The van der Waals surface area contributed by atoms with E-state index in [9.17, 15) is 9.90 Å². The van der Waals surface area contributed by atoms with Gasteiger partial charge < -0.3 is 16.2 Å². The summed E-state index contributed by atoms with van der Waals surface area (Å²) in [6.45, 7) is 8.13. The molecule has 5 heteroatoms. The second-order valence-corrected chi connectivity index (χ2v) is 8.63. The van der Waals surface area contributed by atoms with Gasteiger partial charge in [0, 0.05) is 23.3 Å². The molecule has 1 heterocycles. The second kappa shape index (κ2) is 6.69. The van der Waals surface area contributed by atoms with Crippen molar-refractivity contribution in [3.8, 4) is 0 Å². The number of carbonyl (C=O) groups excluding carboxylic acids is 1. The summed E-state index contributed by atoms with van der Waals surface area (Å²) in [5.41, 5.74) is 5.55. The van der Waals surface area contributed by atoms with Crippen LogP contribution in [0.3, 0.4) is 0 Å². The lowest BCUT2D eigenvalue weighted by atomic mass is 9.68. The highest BCUT2D eigenvalue weighted by Gasteiger charge is 2.36. The number of nitrogens with two attached hydrogens (primary N) is 1. The van der Waals surface area contributed by atoms with E-state index in [1.54, 1.807) is 5.38 Å². The SMILES string of the molecule is CC(C)(C)C1CCC(O)(CNCc2cc(C(N)=O)cs2)CC1. The van der Waals surface area contributed by atoms with E-state index >= 15 is 0 Å². The van der Waals surface area contributed by atoms with Crippen molar-refractivity contribution in [2.24, 2.45) is 17.1 Å². The minimum atomic E-state index is -0.592. The van der Waals surface area contributed by atoms with Gasteiger partial charge in [0.25, 0.3) is 0 Å². The van der Waals surface area contributed by atoms with Crippen LogP contribution in [-0.4, -0.2) is 23.2 Å². The molecule has 2 rings (SSSR count). The molecule has 1 aromatic heterocycles. The first-order valence-corrected chi connectivity index (χ1v) is 8.88. The van der Waals surface area contributed by atoms with Crippen molar-refractivity contribution in [3.05, 3.63) is 21.9 Å². The van der Waals surface area contributed by atoms with Crippen molar-refractivity contribution in [1.82, 2.24) is 5.32 Å². The average molecular weight is 324 g/mol. The molecule has 4 nitrogen and oxygen atoms in total. The zero-order chi connectivity index (χ0) is 16.4. The van der Waals surface area contributed by atoms with Gasteiger partial charge in [-0.25, -0.2) is 0 Å². The molecular weight excluding hydrogens is 296 g/mol. The van der Waals surface area contributed by atoms with Gasteiger partial charge in [-0.1, -0.05) is 20.8 Å². The van der Waals surface area contributed by atoms with Gasteiger partial charge in [-0.15, -0.1) is 11.3 Å². The molecule has 4 N–H and O–H groups in total.